The Morgan fingerprint density at radius 3 is 2.26 bits per heavy atom. The smallest absolute Gasteiger partial charge is 0.253 e. The van der Waals surface area contributed by atoms with Crippen LogP contribution in [0.1, 0.15) is 42.5 Å². The fourth-order valence-electron chi connectivity index (χ4n) is 3.57. The lowest BCUT2D eigenvalue weighted by molar-refractivity contribution is 0.0590. The van der Waals surface area contributed by atoms with Crippen LogP contribution in [0.15, 0.2) is 24.3 Å². The SMILES string of the molecule is Cl.Cl.Nc1cccc(C(=O)N2CCC(N3CCCCC3)CC2)c1. The van der Waals surface area contributed by atoms with Crippen molar-refractivity contribution in [3.05, 3.63) is 29.8 Å². The first-order valence-electron chi connectivity index (χ1n) is 8.13. The summed E-state index contributed by atoms with van der Waals surface area (Å²) < 4.78 is 0. The van der Waals surface area contributed by atoms with Crippen LogP contribution >= 0.6 is 24.8 Å². The number of benzene rings is 1. The van der Waals surface area contributed by atoms with E-state index in [0.29, 0.717) is 17.3 Å². The molecule has 1 aromatic rings. The summed E-state index contributed by atoms with van der Waals surface area (Å²) >= 11 is 0. The Morgan fingerprint density at radius 2 is 1.65 bits per heavy atom. The minimum Gasteiger partial charge on any atom is -0.399 e. The summed E-state index contributed by atoms with van der Waals surface area (Å²) in [5, 5.41) is 0. The lowest BCUT2D eigenvalue weighted by atomic mass is 9.99. The van der Waals surface area contributed by atoms with Gasteiger partial charge in [0.15, 0.2) is 0 Å². The third-order valence-corrected chi connectivity index (χ3v) is 4.79. The van der Waals surface area contributed by atoms with Crippen molar-refractivity contribution in [1.29, 1.82) is 0 Å². The molecule has 0 radical (unpaired) electrons. The standard InChI is InChI=1S/C17H25N3O.2ClH/c18-15-6-4-5-14(13-15)17(21)20-11-7-16(8-12-20)19-9-2-1-3-10-19;;/h4-6,13,16H,1-3,7-12,18H2;2*1H. The minimum atomic E-state index is 0. The fourth-order valence-corrected chi connectivity index (χ4v) is 3.57. The van der Waals surface area contributed by atoms with Gasteiger partial charge in [0.1, 0.15) is 0 Å². The zero-order chi connectivity index (χ0) is 14.7. The highest BCUT2D eigenvalue weighted by Gasteiger charge is 2.27. The Balaban J connectivity index is 0.00000132. The van der Waals surface area contributed by atoms with Gasteiger partial charge in [-0.25, -0.2) is 0 Å². The Labute approximate surface area is 151 Å². The van der Waals surface area contributed by atoms with Crippen LogP contribution in [0.4, 0.5) is 5.69 Å². The van der Waals surface area contributed by atoms with Gasteiger partial charge in [-0.15, -0.1) is 24.8 Å². The highest BCUT2D eigenvalue weighted by Crippen LogP contribution is 2.22. The molecule has 2 aliphatic rings. The molecule has 0 atom stereocenters. The van der Waals surface area contributed by atoms with Crippen LogP contribution in [0.5, 0.6) is 0 Å². The largest absolute Gasteiger partial charge is 0.399 e. The number of hydrogen-bond donors (Lipinski definition) is 1. The third kappa shape index (κ3) is 5.00. The first kappa shape index (κ1) is 20.1. The summed E-state index contributed by atoms with van der Waals surface area (Å²) in [6, 6.07) is 7.98. The quantitative estimate of drug-likeness (QED) is 0.824. The van der Waals surface area contributed by atoms with Gasteiger partial charge in [-0.3, -0.25) is 4.79 Å². The molecule has 6 heteroatoms. The second-order valence-corrected chi connectivity index (χ2v) is 6.25. The number of nitrogen functional groups attached to an aromatic ring is 1. The molecule has 2 saturated heterocycles. The summed E-state index contributed by atoms with van der Waals surface area (Å²) in [7, 11) is 0. The Bertz CT molecular complexity index is 498. The second kappa shape index (κ2) is 9.36. The number of piperidine rings is 2. The van der Waals surface area contributed by atoms with Gasteiger partial charge >= 0.3 is 0 Å². The number of anilines is 1. The Morgan fingerprint density at radius 1 is 1.00 bits per heavy atom. The van der Waals surface area contributed by atoms with Crippen molar-refractivity contribution in [2.24, 2.45) is 0 Å². The first-order chi connectivity index (χ1) is 10.2. The lowest BCUT2D eigenvalue weighted by Gasteiger charge is -2.40. The number of carbonyl (C=O) groups is 1. The maximum Gasteiger partial charge on any atom is 0.253 e. The van der Waals surface area contributed by atoms with Crippen molar-refractivity contribution in [1.82, 2.24) is 9.80 Å². The fraction of sp³-hybridized carbons (Fsp3) is 0.588. The lowest BCUT2D eigenvalue weighted by Crippen LogP contribution is -2.48. The van der Waals surface area contributed by atoms with Gasteiger partial charge in [-0.05, 0) is 57.0 Å². The van der Waals surface area contributed by atoms with E-state index in [0.717, 1.165) is 25.9 Å². The molecule has 2 N–H and O–H groups in total. The summed E-state index contributed by atoms with van der Waals surface area (Å²) in [4.78, 5) is 17.1. The van der Waals surface area contributed by atoms with Gasteiger partial charge in [0.2, 0.25) is 0 Å². The third-order valence-electron chi connectivity index (χ3n) is 4.79. The normalized spacial score (nSPS) is 19.6. The zero-order valence-electron chi connectivity index (χ0n) is 13.4. The van der Waals surface area contributed by atoms with E-state index >= 15 is 0 Å². The van der Waals surface area contributed by atoms with Crippen molar-refractivity contribution in [3.63, 3.8) is 0 Å². The van der Waals surface area contributed by atoms with Crippen LogP contribution in [-0.2, 0) is 0 Å². The number of carbonyl (C=O) groups excluding carboxylic acids is 1. The van der Waals surface area contributed by atoms with Crippen LogP contribution in [-0.4, -0.2) is 47.9 Å². The van der Waals surface area contributed by atoms with Gasteiger partial charge in [0.25, 0.3) is 5.91 Å². The molecule has 2 heterocycles. The molecule has 23 heavy (non-hydrogen) atoms. The molecule has 4 nitrogen and oxygen atoms in total. The van der Waals surface area contributed by atoms with E-state index in [1.54, 1.807) is 6.07 Å². The van der Waals surface area contributed by atoms with E-state index in [4.69, 9.17) is 5.73 Å². The summed E-state index contributed by atoms with van der Waals surface area (Å²) in [6.45, 7) is 4.23. The van der Waals surface area contributed by atoms with Crippen molar-refractivity contribution in [2.45, 2.75) is 38.1 Å². The van der Waals surface area contributed by atoms with Crippen LogP contribution in [0.2, 0.25) is 0 Å². The van der Waals surface area contributed by atoms with E-state index in [9.17, 15) is 4.79 Å². The van der Waals surface area contributed by atoms with Crippen LogP contribution in [0.3, 0.4) is 0 Å². The molecule has 0 aromatic heterocycles. The minimum absolute atomic E-state index is 0. The first-order valence-corrected chi connectivity index (χ1v) is 8.13. The van der Waals surface area contributed by atoms with Crippen LogP contribution in [0, 0.1) is 0 Å². The molecule has 130 valence electrons. The number of amides is 1. The topological polar surface area (TPSA) is 49.6 Å². The number of rotatable bonds is 2. The molecule has 0 saturated carbocycles. The van der Waals surface area contributed by atoms with Gasteiger partial charge in [-0.2, -0.15) is 0 Å². The van der Waals surface area contributed by atoms with Gasteiger partial charge in [-0.1, -0.05) is 12.5 Å². The Kier molecular flexibility index (Phi) is 8.17. The number of nitrogens with zero attached hydrogens (tertiary/aromatic N) is 2. The Hall–Kier alpha value is -0.970. The van der Waals surface area contributed by atoms with E-state index < -0.39 is 0 Å². The molecule has 1 amide bonds. The van der Waals surface area contributed by atoms with E-state index in [1.807, 2.05) is 23.1 Å². The molecule has 1 aromatic carbocycles. The highest BCUT2D eigenvalue weighted by molar-refractivity contribution is 5.95. The van der Waals surface area contributed by atoms with Crippen molar-refractivity contribution in [3.8, 4) is 0 Å². The van der Waals surface area contributed by atoms with Gasteiger partial charge < -0.3 is 15.5 Å². The summed E-state index contributed by atoms with van der Waals surface area (Å²) in [5.74, 6) is 0.124. The maximum absolute atomic E-state index is 12.5. The van der Waals surface area contributed by atoms with E-state index in [1.165, 1.54) is 32.4 Å². The molecular formula is C17H27Cl2N3O. The zero-order valence-corrected chi connectivity index (χ0v) is 15.1. The van der Waals surface area contributed by atoms with E-state index in [-0.39, 0.29) is 30.7 Å². The molecule has 0 bridgehead atoms. The van der Waals surface area contributed by atoms with E-state index in [2.05, 4.69) is 4.90 Å². The predicted molar refractivity (Wildman–Crippen MR) is 99.7 cm³/mol. The maximum atomic E-state index is 12.5. The van der Waals surface area contributed by atoms with Gasteiger partial charge in [0, 0.05) is 30.4 Å². The van der Waals surface area contributed by atoms with Crippen molar-refractivity contribution < 1.29 is 4.79 Å². The summed E-state index contributed by atoms with van der Waals surface area (Å²) in [6.07, 6.45) is 6.26. The predicted octanol–water partition coefficient (Wildman–Crippen LogP) is 3.20. The molecule has 0 spiro atoms. The molecular weight excluding hydrogens is 333 g/mol. The molecule has 0 aliphatic carbocycles. The number of hydrogen-bond acceptors (Lipinski definition) is 3. The van der Waals surface area contributed by atoms with Crippen molar-refractivity contribution in [2.75, 3.05) is 31.9 Å². The number of halogens is 2. The summed E-state index contributed by atoms with van der Waals surface area (Å²) in [5.41, 5.74) is 7.14. The molecule has 2 aliphatic heterocycles. The second-order valence-electron chi connectivity index (χ2n) is 6.25. The average molecular weight is 360 g/mol. The molecule has 0 unspecified atom stereocenters. The highest BCUT2D eigenvalue weighted by atomic mass is 35.5. The molecule has 2 fully saturated rings. The molecule has 3 rings (SSSR count). The number of nitrogens with two attached hydrogens (primary N) is 1. The number of likely N-dealkylation sites (tertiary alicyclic amines) is 2. The monoisotopic (exact) mass is 359 g/mol. The van der Waals surface area contributed by atoms with Crippen LogP contribution < -0.4 is 5.73 Å². The van der Waals surface area contributed by atoms with Crippen molar-refractivity contribution >= 4 is 36.4 Å². The average Bonchev–Trinajstić information content (AvgIpc) is 2.55. The van der Waals surface area contributed by atoms with Crippen LogP contribution in [0.25, 0.3) is 0 Å². The van der Waals surface area contributed by atoms with Gasteiger partial charge in [0.05, 0.1) is 0 Å².